The van der Waals surface area contributed by atoms with Crippen LogP contribution in [0.1, 0.15) is 36.8 Å². The molecule has 0 aliphatic heterocycles. The molecule has 0 aliphatic carbocycles. The standard InChI is InChI=1S/C14H17N3OS/c1-14(2,3)9-4-6-10(7-5-9)16-12(18)11-8-19-13(15)17-11/h4-8H,1-3H3,(H2,15,17)(H,16,18). The van der Waals surface area contributed by atoms with Crippen LogP contribution in [0, 0.1) is 0 Å². The van der Waals surface area contributed by atoms with Gasteiger partial charge < -0.3 is 11.1 Å². The van der Waals surface area contributed by atoms with E-state index in [4.69, 9.17) is 5.73 Å². The topological polar surface area (TPSA) is 68.0 Å². The largest absolute Gasteiger partial charge is 0.375 e. The molecule has 0 unspecified atom stereocenters. The number of nitrogens with zero attached hydrogens (tertiary/aromatic N) is 1. The fraction of sp³-hybridized carbons (Fsp3) is 0.286. The van der Waals surface area contributed by atoms with Gasteiger partial charge in [-0.3, -0.25) is 4.79 Å². The van der Waals surface area contributed by atoms with Crippen molar-refractivity contribution in [1.82, 2.24) is 4.98 Å². The average molecular weight is 275 g/mol. The zero-order valence-corrected chi connectivity index (χ0v) is 12.0. The van der Waals surface area contributed by atoms with E-state index in [0.717, 1.165) is 5.69 Å². The second kappa shape index (κ2) is 5.01. The third kappa shape index (κ3) is 3.32. The number of hydrogen-bond donors (Lipinski definition) is 2. The maximum Gasteiger partial charge on any atom is 0.275 e. The molecule has 0 saturated carbocycles. The third-order valence-electron chi connectivity index (χ3n) is 2.76. The fourth-order valence-corrected chi connectivity index (χ4v) is 2.18. The monoisotopic (exact) mass is 275 g/mol. The maximum atomic E-state index is 11.9. The molecule has 0 aliphatic rings. The highest BCUT2D eigenvalue weighted by atomic mass is 32.1. The molecule has 100 valence electrons. The molecule has 0 saturated heterocycles. The van der Waals surface area contributed by atoms with Gasteiger partial charge in [0.2, 0.25) is 0 Å². The van der Waals surface area contributed by atoms with Crippen LogP contribution in [-0.2, 0) is 5.41 Å². The van der Waals surface area contributed by atoms with Gasteiger partial charge in [0.05, 0.1) is 0 Å². The van der Waals surface area contributed by atoms with E-state index in [0.29, 0.717) is 10.8 Å². The molecule has 1 amide bonds. The molecule has 1 heterocycles. The van der Waals surface area contributed by atoms with Gasteiger partial charge in [0.25, 0.3) is 5.91 Å². The Balaban J connectivity index is 2.10. The predicted molar refractivity (Wildman–Crippen MR) is 79.6 cm³/mol. The first-order chi connectivity index (χ1) is 8.86. The van der Waals surface area contributed by atoms with Gasteiger partial charge in [-0.2, -0.15) is 0 Å². The van der Waals surface area contributed by atoms with Gasteiger partial charge in [0, 0.05) is 11.1 Å². The van der Waals surface area contributed by atoms with Crippen LogP contribution in [0.3, 0.4) is 0 Å². The van der Waals surface area contributed by atoms with Crippen LogP contribution in [0.2, 0.25) is 0 Å². The van der Waals surface area contributed by atoms with Crippen molar-refractivity contribution in [3.63, 3.8) is 0 Å². The van der Waals surface area contributed by atoms with E-state index in [1.54, 1.807) is 5.38 Å². The molecule has 1 aromatic heterocycles. The van der Waals surface area contributed by atoms with Crippen LogP contribution in [0.4, 0.5) is 10.8 Å². The van der Waals surface area contributed by atoms with Gasteiger partial charge in [-0.25, -0.2) is 4.98 Å². The Hall–Kier alpha value is -1.88. The average Bonchev–Trinajstić information content (AvgIpc) is 2.75. The normalized spacial score (nSPS) is 11.3. The number of benzene rings is 1. The number of nitrogen functional groups attached to an aromatic ring is 1. The van der Waals surface area contributed by atoms with Crippen molar-refractivity contribution in [2.45, 2.75) is 26.2 Å². The molecule has 3 N–H and O–H groups in total. The summed E-state index contributed by atoms with van der Waals surface area (Å²) in [4.78, 5) is 15.8. The lowest BCUT2D eigenvalue weighted by Gasteiger charge is -2.19. The van der Waals surface area contributed by atoms with E-state index in [1.165, 1.54) is 16.9 Å². The summed E-state index contributed by atoms with van der Waals surface area (Å²) in [5.74, 6) is -0.239. The lowest BCUT2D eigenvalue weighted by molar-refractivity contribution is 0.102. The quantitative estimate of drug-likeness (QED) is 0.883. The van der Waals surface area contributed by atoms with Crippen molar-refractivity contribution in [3.8, 4) is 0 Å². The van der Waals surface area contributed by atoms with Crippen LogP contribution in [0.15, 0.2) is 29.6 Å². The molecule has 19 heavy (non-hydrogen) atoms. The fourth-order valence-electron chi connectivity index (χ4n) is 1.64. The maximum absolute atomic E-state index is 11.9. The van der Waals surface area contributed by atoms with Gasteiger partial charge in [0.1, 0.15) is 5.69 Å². The Labute approximate surface area is 116 Å². The van der Waals surface area contributed by atoms with Crippen molar-refractivity contribution in [2.24, 2.45) is 0 Å². The second-order valence-corrected chi connectivity index (χ2v) is 6.24. The summed E-state index contributed by atoms with van der Waals surface area (Å²) in [5, 5.41) is 4.84. The molecule has 0 bridgehead atoms. The highest BCUT2D eigenvalue weighted by Gasteiger charge is 2.14. The Morgan fingerprint density at radius 3 is 2.37 bits per heavy atom. The number of amides is 1. The number of carbonyl (C=O) groups is 1. The molecular weight excluding hydrogens is 258 g/mol. The number of thiazole rings is 1. The summed E-state index contributed by atoms with van der Waals surface area (Å²) in [6.07, 6.45) is 0. The van der Waals surface area contributed by atoms with E-state index in [9.17, 15) is 4.79 Å². The minimum Gasteiger partial charge on any atom is -0.375 e. The lowest BCUT2D eigenvalue weighted by atomic mass is 9.87. The van der Waals surface area contributed by atoms with Crippen molar-refractivity contribution in [2.75, 3.05) is 11.1 Å². The number of hydrogen-bond acceptors (Lipinski definition) is 4. The summed E-state index contributed by atoms with van der Waals surface area (Å²) >= 11 is 1.25. The minimum absolute atomic E-state index is 0.103. The summed E-state index contributed by atoms with van der Waals surface area (Å²) < 4.78 is 0. The van der Waals surface area contributed by atoms with Gasteiger partial charge in [0.15, 0.2) is 5.13 Å². The van der Waals surface area contributed by atoms with Gasteiger partial charge in [-0.1, -0.05) is 32.9 Å². The molecule has 0 spiro atoms. The van der Waals surface area contributed by atoms with Crippen LogP contribution in [0.25, 0.3) is 0 Å². The molecular formula is C14H17N3OS. The smallest absolute Gasteiger partial charge is 0.275 e. The number of rotatable bonds is 2. The highest BCUT2D eigenvalue weighted by molar-refractivity contribution is 7.13. The number of nitrogens with one attached hydrogen (secondary N) is 1. The van der Waals surface area contributed by atoms with Gasteiger partial charge in [-0.15, -0.1) is 11.3 Å². The summed E-state index contributed by atoms with van der Waals surface area (Å²) in [6, 6.07) is 7.83. The molecule has 1 aromatic carbocycles. The summed E-state index contributed by atoms with van der Waals surface area (Å²) in [7, 11) is 0. The van der Waals surface area contributed by atoms with Crippen LogP contribution in [0.5, 0.6) is 0 Å². The SMILES string of the molecule is CC(C)(C)c1ccc(NC(=O)c2csc(N)n2)cc1. The Morgan fingerprint density at radius 1 is 1.26 bits per heavy atom. The zero-order chi connectivity index (χ0) is 14.0. The molecule has 0 radical (unpaired) electrons. The minimum atomic E-state index is -0.239. The predicted octanol–water partition coefficient (Wildman–Crippen LogP) is 3.28. The van der Waals surface area contributed by atoms with E-state index >= 15 is 0 Å². The van der Waals surface area contributed by atoms with Gasteiger partial charge in [-0.05, 0) is 23.1 Å². The first-order valence-electron chi connectivity index (χ1n) is 5.99. The van der Waals surface area contributed by atoms with Gasteiger partial charge >= 0.3 is 0 Å². The van der Waals surface area contributed by atoms with E-state index in [2.05, 4.69) is 31.1 Å². The second-order valence-electron chi connectivity index (χ2n) is 5.35. The number of anilines is 2. The number of aromatic nitrogens is 1. The van der Waals surface area contributed by atoms with Crippen LogP contribution < -0.4 is 11.1 Å². The highest BCUT2D eigenvalue weighted by Crippen LogP contribution is 2.23. The first kappa shape index (κ1) is 13.5. The molecule has 2 rings (SSSR count). The summed E-state index contributed by atoms with van der Waals surface area (Å²) in [6.45, 7) is 6.45. The van der Waals surface area contributed by atoms with Crippen LogP contribution in [-0.4, -0.2) is 10.9 Å². The van der Waals surface area contributed by atoms with Crippen molar-refractivity contribution in [1.29, 1.82) is 0 Å². The lowest BCUT2D eigenvalue weighted by Crippen LogP contribution is -2.14. The third-order valence-corrected chi connectivity index (χ3v) is 3.44. The molecule has 0 fully saturated rings. The van der Waals surface area contributed by atoms with Crippen molar-refractivity contribution < 1.29 is 4.79 Å². The van der Waals surface area contributed by atoms with Crippen LogP contribution >= 0.6 is 11.3 Å². The Morgan fingerprint density at radius 2 is 1.89 bits per heavy atom. The zero-order valence-electron chi connectivity index (χ0n) is 11.2. The van der Waals surface area contributed by atoms with Crippen molar-refractivity contribution in [3.05, 3.63) is 40.9 Å². The molecule has 2 aromatic rings. The van der Waals surface area contributed by atoms with E-state index in [-0.39, 0.29) is 11.3 Å². The van der Waals surface area contributed by atoms with E-state index in [1.807, 2.05) is 24.3 Å². The van der Waals surface area contributed by atoms with E-state index < -0.39 is 0 Å². The first-order valence-corrected chi connectivity index (χ1v) is 6.87. The van der Waals surface area contributed by atoms with Crippen molar-refractivity contribution >= 4 is 28.1 Å². The molecule has 0 atom stereocenters. The Kier molecular flexibility index (Phi) is 3.57. The molecule has 5 heteroatoms. The number of nitrogens with two attached hydrogens (primary N) is 1. The molecule has 4 nitrogen and oxygen atoms in total. The number of carbonyl (C=O) groups excluding carboxylic acids is 1. The summed E-state index contributed by atoms with van der Waals surface area (Å²) in [5.41, 5.74) is 7.94. The Bertz CT molecular complexity index is 581.